The van der Waals surface area contributed by atoms with Gasteiger partial charge in [0.15, 0.2) is 0 Å². The lowest BCUT2D eigenvalue weighted by Crippen LogP contribution is -2.50. The molecular weight excluding hydrogens is 280 g/mol. The lowest BCUT2D eigenvalue weighted by atomic mass is 10.2. The molecule has 2 heterocycles. The normalized spacial score (nSPS) is 21.5. The van der Waals surface area contributed by atoms with Crippen molar-refractivity contribution in [2.45, 2.75) is 26.8 Å². The van der Waals surface area contributed by atoms with Gasteiger partial charge in [-0.1, -0.05) is 13.8 Å². The summed E-state index contributed by atoms with van der Waals surface area (Å²) in [5.41, 5.74) is 0.908. The van der Waals surface area contributed by atoms with E-state index in [0.29, 0.717) is 38.7 Å². The summed E-state index contributed by atoms with van der Waals surface area (Å²) in [4.78, 5) is 7.36. The Balaban J connectivity index is 2.31. The van der Waals surface area contributed by atoms with Crippen molar-refractivity contribution in [2.75, 3.05) is 32.8 Å². The van der Waals surface area contributed by atoms with Crippen LogP contribution in [0.15, 0.2) is 6.20 Å². The number of ether oxygens (including phenoxy) is 1. The molecule has 8 heteroatoms. The molecule has 20 heavy (non-hydrogen) atoms. The van der Waals surface area contributed by atoms with Gasteiger partial charge in [-0.3, -0.25) is 0 Å². The number of aromatic nitrogens is 2. The predicted octanol–water partition coefficient (Wildman–Crippen LogP) is 0.678. The van der Waals surface area contributed by atoms with Gasteiger partial charge in [0.2, 0.25) is 0 Å². The highest BCUT2D eigenvalue weighted by Crippen LogP contribution is 2.26. The third-order valence-corrected chi connectivity index (χ3v) is 5.64. The summed E-state index contributed by atoms with van der Waals surface area (Å²) in [5, 5.41) is 0. The Morgan fingerprint density at radius 1 is 1.50 bits per heavy atom. The fourth-order valence-electron chi connectivity index (χ4n) is 2.38. The molecule has 1 atom stereocenters. The maximum absolute atomic E-state index is 12.7. The molecule has 0 bridgehead atoms. The first-order valence-electron chi connectivity index (χ1n) is 6.86. The van der Waals surface area contributed by atoms with E-state index in [-0.39, 0.29) is 6.04 Å². The molecule has 2 rings (SSSR count). The molecule has 1 saturated heterocycles. The summed E-state index contributed by atoms with van der Waals surface area (Å²) in [7, 11) is -3.49. The maximum Gasteiger partial charge on any atom is 0.282 e. The van der Waals surface area contributed by atoms with E-state index in [1.54, 1.807) is 6.20 Å². The molecule has 1 aromatic heterocycles. The number of nitrogens with zero attached hydrogens (tertiary/aromatic N) is 3. The van der Waals surface area contributed by atoms with E-state index in [4.69, 9.17) is 4.74 Å². The standard InChI is InChI=1S/C12H22N4O3S/c1-4-15(5-2)20(17,18)16-6-7-19-9-11(16)12-13-8-10(3)14-12/h8,11H,4-7,9H2,1-3H3,(H,13,14)/t11-/m0/s1. The average molecular weight is 302 g/mol. The van der Waals surface area contributed by atoms with Crippen LogP contribution in [-0.2, 0) is 14.9 Å². The van der Waals surface area contributed by atoms with Gasteiger partial charge in [0, 0.05) is 31.5 Å². The van der Waals surface area contributed by atoms with Gasteiger partial charge in [-0.2, -0.15) is 17.0 Å². The summed E-state index contributed by atoms with van der Waals surface area (Å²) < 4.78 is 33.8. The Bertz CT molecular complexity index is 539. The van der Waals surface area contributed by atoms with Gasteiger partial charge in [0.05, 0.1) is 13.2 Å². The van der Waals surface area contributed by atoms with Crippen LogP contribution >= 0.6 is 0 Å². The van der Waals surface area contributed by atoms with Crippen LogP contribution in [-0.4, -0.2) is 59.8 Å². The molecule has 114 valence electrons. The van der Waals surface area contributed by atoms with Gasteiger partial charge in [-0.05, 0) is 6.92 Å². The van der Waals surface area contributed by atoms with Crippen molar-refractivity contribution in [3.8, 4) is 0 Å². The second-order valence-corrected chi connectivity index (χ2v) is 6.63. The highest BCUT2D eigenvalue weighted by Gasteiger charge is 2.38. The first kappa shape index (κ1) is 15.4. The van der Waals surface area contributed by atoms with Crippen molar-refractivity contribution in [1.82, 2.24) is 18.6 Å². The molecule has 1 aliphatic heterocycles. The average Bonchev–Trinajstić information content (AvgIpc) is 2.86. The monoisotopic (exact) mass is 302 g/mol. The number of imidazole rings is 1. The van der Waals surface area contributed by atoms with E-state index in [0.717, 1.165) is 5.69 Å². The maximum atomic E-state index is 12.7. The quantitative estimate of drug-likeness (QED) is 0.867. The van der Waals surface area contributed by atoms with Gasteiger partial charge in [-0.25, -0.2) is 4.98 Å². The number of rotatable bonds is 5. The van der Waals surface area contributed by atoms with Crippen LogP contribution in [0.4, 0.5) is 0 Å². The second-order valence-electron chi connectivity index (χ2n) is 4.74. The summed E-state index contributed by atoms with van der Waals surface area (Å²) >= 11 is 0. The number of nitrogens with one attached hydrogen (secondary N) is 1. The van der Waals surface area contributed by atoms with Crippen molar-refractivity contribution in [3.63, 3.8) is 0 Å². The summed E-state index contributed by atoms with van der Waals surface area (Å²) in [5.74, 6) is 0.637. The number of aromatic amines is 1. The minimum atomic E-state index is -3.49. The second kappa shape index (κ2) is 6.21. The van der Waals surface area contributed by atoms with Crippen LogP contribution in [0.2, 0.25) is 0 Å². The number of hydrogen-bond acceptors (Lipinski definition) is 4. The molecule has 0 aliphatic carbocycles. The zero-order chi connectivity index (χ0) is 14.8. The Hall–Kier alpha value is -0.960. The van der Waals surface area contributed by atoms with Gasteiger partial charge in [-0.15, -0.1) is 0 Å². The summed E-state index contributed by atoms with van der Waals surface area (Å²) in [6.45, 7) is 7.58. The largest absolute Gasteiger partial charge is 0.378 e. The van der Waals surface area contributed by atoms with E-state index in [9.17, 15) is 8.42 Å². The molecule has 0 unspecified atom stereocenters. The van der Waals surface area contributed by atoms with E-state index in [1.165, 1.54) is 8.61 Å². The summed E-state index contributed by atoms with van der Waals surface area (Å²) in [6.07, 6.45) is 1.70. The SMILES string of the molecule is CCN(CC)S(=O)(=O)N1CCOC[C@H]1c1ncc(C)[nH]1. The predicted molar refractivity (Wildman–Crippen MR) is 75.4 cm³/mol. The van der Waals surface area contributed by atoms with E-state index in [2.05, 4.69) is 9.97 Å². The Kier molecular flexibility index (Phi) is 4.79. The summed E-state index contributed by atoms with van der Waals surface area (Å²) in [6, 6.07) is -0.386. The molecule has 1 N–H and O–H groups in total. The minimum absolute atomic E-state index is 0.327. The third kappa shape index (κ3) is 2.88. The van der Waals surface area contributed by atoms with Crippen LogP contribution in [0, 0.1) is 6.92 Å². The molecule has 0 spiro atoms. The Morgan fingerprint density at radius 3 is 2.75 bits per heavy atom. The first-order chi connectivity index (χ1) is 9.50. The first-order valence-corrected chi connectivity index (χ1v) is 8.26. The van der Waals surface area contributed by atoms with Crippen LogP contribution in [0.1, 0.15) is 31.4 Å². The molecule has 1 fully saturated rings. The van der Waals surface area contributed by atoms with Gasteiger partial charge in [0.25, 0.3) is 10.2 Å². The third-order valence-electron chi connectivity index (χ3n) is 3.45. The fraction of sp³-hybridized carbons (Fsp3) is 0.750. The Labute approximate surface area is 120 Å². The molecule has 1 aliphatic rings. The van der Waals surface area contributed by atoms with Crippen molar-refractivity contribution in [1.29, 1.82) is 0 Å². The van der Waals surface area contributed by atoms with Crippen LogP contribution in [0.25, 0.3) is 0 Å². The van der Waals surface area contributed by atoms with Crippen LogP contribution in [0.3, 0.4) is 0 Å². The highest BCUT2D eigenvalue weighted by atomic mass is 32.2. The molecule has 0 amide bonds. The van der Waals surface area contributed by atoms with Gasteiger partial charge < -0.3 is 9.72 Å². The van der Waals surface area contributed by atoms with Crippen LogP contribution in [0.5, 0.6) is 0 Å². The topological polar surface area (TPSA) is 78.5 Å². The van der Waals surface area contributed by atoms with Crippen molar-refractivity contribution in [3.05, 3.63) is 17.7 Å². The fourth-order valence-corrected chi connectivity index (χ4v) is 4.12. The molecule has 7 nitrogen and oxygen atoms in total. The van der Waals surface area contributed by atoms with Crippen molar-refractivity contribution < 1.29 is 13.2 Å². The zero-order valence-electron chi connectivity index (χ0n) is 12.2. The number of aryl methyl sites for hydroxylation is 1. The van der Waals surface area contributed by atoms with Crippen molar-refractivity contribution in [2.24, 2.45) is 0 Å². The molecule has 1 aromatic rings. The number of hydrogen-bond donors (Lipinski definition) is 1. The lowest BCUT2D eigenvalue weighted by molar-refractivity contribution is 0.0265. The molecule has 0 radical (unpaired) electrons. The zero-order valence-corrected chi connectivity index (χ0v) is 13.0. The van der Waals surface area contributed by atoms with E-state index in [1.807, 2.05) is 20.8 Å². The van der Waals surface area contributed by atoms with E-state index >= 15 is 0 Å². The molecule has 0 saturated carbocycles. The lowest BCUT2D eigenvalue weighted by Gasteiger charge is -2.36. The van der Waals surface area contributed by atoms with E-state index < -0.39 is 10.2 Å². The highest BCUT2D eigenvalue weighted by molar-refractivity contribution is 7.86. The smallest absolute Gasteiger partial charge is 0.282 e. The number of morpholine rings is 1. The van der Waals surface area contributed by atoms with Gasteiger partial charge in [0.1, 0.15) is 11.9 Å². The number of H-pyrrole nitrogens is 1. The minimum Gasteiger partial charge on any atom is -0.378 e. The van der Waals surface area contributed by atoms with Crippen molar-refractivity contribution >= 4 is 10.2 Å². The van der Waals surface area contributed by atoms with Gasteiger partial charge >= 0.3 is 0 Å². The Morgan fingerprint density at radius 2 is 2.20 bits per heavy atom. The molecular formula is C12H22N4O3S. The van der Waals surface area contributed by atoms with Crippen LogP contribution < -0.4 is 0 Å². The molecule has 0 aromatic carbocycles.